The molecule has 0 saturated carbocycles. The summed E-state index contributed by atoms with van der Waals surface area (Å²) in [5, 5.41) is 4.87. The van der Waals surface area contributed by atoms with Gasteiger partial charge in [0.1, 0.15) is 0 Å². The zero-order valence-corrected chi connectivity index (χ0v) is 24.4. The Labute approximate surface area is 242 Å². The average Bonchev–Trinajstić information content (AvgIpc) is 3.32. The Kier molecular flexibility index (Phi) is 8.72. The van der Waals surface area contributed by atoms with Gasteiger partial charge in [-0.2, -0.15) is 5.10 Å². The lowest BCUT2D eigenvalue weighted by Crippen LogP contribution is -2.36. The molecule has 0 bridgehead atoms. The molecule has 0 aliphatic carbocycles. The number of ether oxygens (including phenoxy) is 2. The summed E-state index contributed by atoms with van der Waals surface area (Å²) >= 11 is 0. The van der Waals surface area contributed by atoms with Crippen LogP contribution in [0.25, 0.3) is 5.70 Å². The fourth-order valence-electron chi connectivity index (χ4n) is 6.05. The lowest BCUT2D eigenvalue weighted by Gasteiger charge is -2.25. The molecule has 0 N–H and O–H groups in total. The first-order valence-electron chi connectivity index (χ1n) is 14.4. The molecule has 1 aromatic heterocycles. The summed E-state index contributed by atoms with van der Waals surface area (Å²) < 4.78 is 12.9. The number of Topliss-reactive ketones (excluding diaryl/α,β-unsaturated/α-hetero) is 1. The number of carbonyl (C=O) groups excluding carboxylic acids is 2. The van der Waals surface area contributed by atoms with E-state index in [2.05, 4.69) is 19.9 Å². The van der Waals surface area contributed by atoms with E-state index in [1.165, 1.54) is 0 Å². The van der Waals surface area contributed by atoms with Gasteiger partial charge < -0.3 is 14.4 Å². The fraction of sp³-hybridized carbons (Fsp3) is 0.382. The van der Waals surface area contributed by atoms with E-state index >= 15 is 0 Å². The van der Waals surface area contributed by atoms with E-state index in [1.54, 1.807) is 14.2 Å². The van der Waals surface area contributed by atoms with E-state index in [0.717, 1.165) is 41.8 Å². The monoisotopic (exact) mass is 553 g/mol. The highest BCUT2D eigenvalue weighted by molar-refractivity contribution is 5.96. The van der Waals surface area contributed by atoms with E-state index in [-0.39, 0.29) is 29.4 Å². The van der Waals surface area contributed by atoms with Crippen LogP contribution < -0.4 is 9.47 Å². The number of aryl methyl sites for hydroxylation is 1. The van der Waals surface area contributed by atoms with Crippen LogP contribution in [0.1, 0.15) is 65.2 Å². The van der Waals surface area contributed by atoms with E-state index < -0.39 is 0 Å². The number of methoxy groups -OCH3 is 2. The smallest absolute Gasteiger partial charge is 0.274 e. The maximum atomic E-state index is 13.9. The molecule has 3 atom stereocenters. The van der Waals surface area contributed by atoms with Gasteiger partial charge in [0, 0.05) is 36.3 Å². The van der Waals surface area contributed by atoms with Crippen molar-refractivity contribution in [3.05, 3.63) is 95.3 Å². The van der Waals surface area contributed by atoms with Crippen LogP contribution in [0.2, 0.25) is 0 Å². The second-order valence-corrected chi connectivity index (χ2v) is 11.3. The second-order valence-electron chi connectivity index (χ2n) is 11.3. The minimum absolute atomic E-state index is 0.0578. The first-order chi connectivity index (χ1) is 19.9. The Balaban J connectivity index is 1.38. The highest BCUT2D eigenvalue weighted by atomic mass is 16.5. The van der Waals surface area contributed by atoms with E-state index in [1.807, 2.05) is 76.3 Å². The maximum Gasteiger partial charge on any atom is 0.274 e. The molecule has 3 aromatic rings. The van der Waals surface area contributed by atoms with Gasteiger partial charge in [-0.1, -0.05) is 56.3 Å². The summed E-state index contributed by atoms with van der Waals surface area (Å²) in [6.45, 7) is 5.60. The highest BCUT2D eigenvalue weighted by Crippen LogP contribution is 2.33. The molecular weight excluding hydrogens is 514 g/mol. The third-order valence-electron chi connectivity index (χ3n) is 8.25. The Hall–Kier alpha value is -4.13. The van der Waals surface area contributed by atoms with E-state index in [9.17, 15) is 9.59 Å². The van der Waals surface area contributed by atoms with Crippen molar-refractivity contribution >= 4 is 17.4 Å². The van der Waals surface area contributed by atoms with Crippen LogP contribution in [0, 0.1) is 17.8 Å². The fourth-order valence-corrected chi connectivity index (χ4v) is 6.05. The number of ketones is 1. The molecule has 41 heavy (non-hydrogen) atoms. The summed E-state index contributed by atoms with van der Waals surface area (Å²) in [6.07, 6.45) is 9.25. The van der Waals surface area contributed by atoms with Gasteiger partial charge in [-0.05, 0) is 67.4 Å². The van der Waals surface area contributed by atoms with Crippen LogP contribution in [-0.2, 0) is 6.42 Å². The Morgan fingerprint density at radius 2 is 1.76 bits per heavy atom. The zero-order chi connectivity index (χ0) is 28.9. The molecule has 1 fully saturated rings. The lowest BCUT2D eigenvalue weighted by atomic mass is 9.83. The van der Waals surface area contributed by atoms with Crippen LogP contribution in [0.5, 0.6) is 11.5 Å². The second kappa shape index (κ2) is 12.6. The van der Waals surface area contributed by atoms with Crippen molar-refractivity contribution in [1.82, 2.24) is 14.7 Å². The summed E-state index contributed by atoms with van der Waals surface area (Å²) in [7, 11) is 3.24. The van der Waals surface area contributed by atoms with Gasteiger partial charge in [-0.3, -0.25) is 9.59 Å². The molecule has 1 amide bonds. The van der Waals surface area contributed by atoms with Crippen molar-refractivity contribution in [3.8, 4) is 11.5 Å². The van der Waals surface area contributed by atoms with Crippen molar-refractivity contribution in [3.63, 3.8) is 0 Å². The minimum atomic E-state index is -0.0578. The Morgan fingerprint density at radius 3 is 2.51 bits per heavy atom. The number of amides is 1. The molecule has 7 nitrogen and oxygen atoms in total. The first kappa shape index (κ1) is 28.4. The van der Waals surface area contributed by atoms with Gasteiger partial charge in [0.2, 0.25) is 0 Å². The molecule has 2 aliphatic heterocycles. The number of likely N-dealkylation sites (tertiary alicyclic amines) is 1. The predicted molar refractivity (Wildman–Crippen MR) is 160 cm³/mol. The third-order valence-corrected chi connectivity index (χ3v) is 8.25. The maximum absolute atomic E-state index is 13.9. The van der Waals surface area contributed by atoms with Gasteiger partial charge in [-0.25, -0.2) is 4.68 Å². The predicted octanol–water partition coefficient (Wildman–Crippen LogP) is 6.30. The molecule has 1 unspecified atom stereocenters. The van der Waals surface area contributed by atoms with Crippen LogP contribution in [0.3, 0.4) is 0 Å². The van der Waals surface area contributed by atoms with Crippen LogP contribution >= 0.6 is 0 Å². The summed E-state index contributed by atoms with van der Waals surface area (Å²) in [5.41, 5.74) is 3.98. The van der Waals surface area contributed by atoms with E-state index in [0.29, 0.717) is 36.7 Å². The quantitative estimate of drug-likeness (QED) is 0.321. The van der Waals surface area contributed by atoms with Gasteiger partial charge >= 0.3 is 0 Å². The van der Waals surface area contributed by atoms with E-state index in [4.69, 9.17) is 14.6 Å². The molecule has 2 aliphatic rings. The van der Waals surface area contributed by atoms with Crippen molar-refractivity contribution < 1.29 is 19.1 Å². The Bertz CT molecular complexity index is 1460. The van der Waals surface area contributed by atoms with Crippen molar-refractivity contribution in [2.45, 2.75) is 39.5 Å². The minimum Gasteiger partial charge on any atom is -0.493 e. The number of fused-ring (bicyclic) bond motifs is 1. The van der Waals surface area contributed by atoms with Gasteiger partial charge in [0.15, 0.2) is 23.0 Å². The van der Waals surface area contributed by atoms with Crippen molar-refractivity contribution in [2.75, 3.05) is 27.3 Å². The molecular formula is C34H39N3O4. The van der Waals surface area contributed by atoms with Crippen molar-refractivity contribution in [1.29, 1.82) is 0 Å². The molecule has 5 rings (SSSR count). The number of rotatable bonds is 7. The summed E-state index contributed by atoms with van der Waals surface area (Å²) in [5.74, 6) is 2.12. The molecule has 0 radical (unpaired) electrons. The Morgan fingerprint density at radius 1 is 0.976 bits per heavy atom. The molecule has 2 aromatic carbocycles. The number of allylic oxidation sites excluding steroid dienone is 3. The molecule has 7 heteroatoms. The summed E-state index contributed by atoms with van der Waals surface area (Å²) in [4.78, 5) is 28.9. The lowest BCUT2D eigenvalue weighted by molar-refractivity contribution is 0.0717. The third kappa shape index (κ3) is 6.29. The number of hydrogen-bond donors (Lipinski definition) is 0. The first-order valence-corrected chi connectivity index (χ1v) is 14.4. The van der Waals surface area contributed by atoms with Gasteiger partial charge in [0.05, 0.1) is 19.9 Å². The molecule has 214 valence electrons. The average molecular weight is 554 g/mol. The van der Waals surface area contributed by atoms with Crippen LogP contribution in [0.15, 0.2) is 72.8 Å². The van der Waals surface area contributed by atoms with Crippen LogP contribution in [0.4, 0.5) is 0 Å². The normalized spacial score (nSPS) is 22.8. The zero-order valence-electron chi connectivity index (χ0n) is 24.4. The highest BCUT2D eigenvalue weighted by Gasteiger charge is 2.33. The number of carbonyl (C=O) groups is 2. The molecule has 0 spiro atoms. The number of hydrogen-bond acceptors (Lipinski definition) is 5. The standard InChI is InChI=1S/C34H39N3O4/c1-23-17-27(18-31(38)25-11-7-5-8-12-25)24(2)22-36(21-23)34(39)29-20-28-13-9-6-10-14-30(37(28)35-29)26-15-16-32(40-3)33(19-26)41-4/h5-8,10-12,14-16,19-20,23-24,27H,9,13,17-18,21-22H2,1-4H3/b10-6-,30-14-/t23-,24+,27?/m1/s1. The van der Waals surface area contributed by atoms with Gasteiger partial charge in [0.25, 0.3) is 5.91 Å². The molecule has 1 saturated heterocycles. The number of nitrogens with zero attached hydrogens (tertiary/aromatic N) is 3. The SMILES string of the molecule is COc1ccc(/C2=C/C=C\CCc3cc(C(=O)N4C[C@H](C)CC(CC(=O)c5ccccc5)[C@@H](C)C4)nn32)cc1OC. The van der Waals surface area contributed by atoms with Gasteiger partial charge in [-0.15, -0.1) is 0 Å². The molecule has 3 heterocycles. The largest absolute Gasteiger partial charge is 0.493 e. The summed E-state index contributed by atoms with van der Waals surface area (Å²) in [6, 6.07) is 17.2. The number of benzene rings is 2. The topological polar surface area (TPSA) is 73.7 Å². The number of aromatic nitrogens is 2. The van der Waals surface area contributed by atoms with Crippen molar-refractivity contribution in [2.24, 2.45) is 17.8 Å². The van der Waals surface area contributed by atoms with Crippen LogP contribution in [-0.4, -0.2) is 53.7 Å².